The number of carboxylic acid groups (broad SMARTS) is 1. The minimum atomic E-state index is -1.14. The summed E-state index contributed by atoms with van der Waals surface area (Å²) in [6.45, 7) is 1.90. The summed E-state index contributed by atoms with van der Waals surface area (Å²) in [5.41, 5.74) is 8.71. The van der Waals surface area contributed by atoms with Crippen LogP contribution in [-0.2, 0) is 17.6 Å². The maximum Gasteiger partial charge on any atom is 0.320 e. The minimum absolute atomic E-state index is 0.0130. The fourth-order valence-corrected chi connectivity index (χ4v) is 3.18. The number of benzene rings is 1. The SMILES string of the molecule is CCc1[nH]c2ccc(-c3ccncc3)c([N+](=O)[O-])c2c1CC(N)C(=O)O. The van der Waals surface area contributed by atoms with Crippen LogP contribution in [0, 0.1) is 10.1 Å². The second kappa shape index (κ2) is 6.93. The number of pyridine rings is 1. The number of aryl methyl sites for hydroxylation is 1. The molecule has 2 heterocycles. The van der Waals surface area contributed by atoms with Gasteiger partial charge in [0, 0.05) is 24.5 Å². The molecule has 0 spiro atoms. The summed E-state index contributed by atoms with van der Waals surface area (Å²) >= 11 is 0. The standard InChI is InChI=1S/C18H18N4O4/c1-2-14-12(9-13(19)18(23)24)16-15(21-14)4-3-11(17(16)22(25)26)10-5-7-20-8-6-10/h3-8,13,21H,2,9,19H2,1H3,(H,23,24). The van der Waals surface area contributed by atoms with Crippen molar-refractivity contribution in [3.8, 4) is 11.1 Å². The number of aromatic nitrogens is 2. The second-order valence-corrected chi connectivity index (χ2v) is 5.96. The zero-order chi connectivity index (χ0) is 18.8. The number of nitrogens with zero attached hydrogens (tertiary/aromatic N) is 2. The summed E-state index contributed by atoms with van der Waals surface area (Å²) in [7, 11) is 0. The smallest absolute Gasteiger partial charge is 0.320 e. The highest BCUT2D eigenvalue weighted by atomic mass is 16.6. The quantitative estimate of drug-likeness (QED) is 0.460. The van der Waals surface area contributed by atoms with Gasteiger partial charge >= 0.3 is 5.97 Å². The van der Waals surface area contributed by atoms with Gasteiger partial charge in [0.2, 0.25) is 0 Å². The van der Waals surface area contributed by atoms with Crippen LogP contribution in [0.1, 0.15) is 18.2 Å². The third kappa shape index (κ3) is 3.02. The van der Waals surface area contributed by atoms with E-state index in [1.807, 2.05) is 6.92 Å². The Morgan fingerprint density at radius 2 is 2.04 bits per heavy atom. The Labute approximate surface area is 148 Å². The number of carbonyl (C=O) groups is 1. The van der Waals surface area contributed by atoms with Crippen LogP contribution in [0.25, 0.3) is 22.0 Å². The van der Waals surface area contributed by atoms with E-state index >= 15 is 0 Å². The minimum Gasteiger partial charge on any atom is -0.480 e. The van der Waals surface area contributed by atoms with Crippen LogP contribution in [0.2, 0.25) is 0 Å². The maximum atomic E-state index is 11.9. The molecule has 134 valence electrons. The number of rotatable bonds is 6. The molecule has 1 atom stereocenters. The number of fused-ring (bicyclic) bond motifs is 1. The Morgan fingerprint density at radius 3 is 2.62 bits per heavy atom. The average molecular weight is 354 g/mol. The number of nitrogens with two attached hydrogens (primary N) is 1. The highest BCUT2D eigenvalue weighted by Crippen LogP contribution is 2.39. The molecule has 3 aromatic rings. The van der Waals surface area contributed by atoms with Crippen molar-refractivity contribution in [1.82, 2.24) is 9.97 Å². The number of hydrogen-bond acceptors (Lipinski definition) is 5. The number of nitro benzene ring substituents is 1. The van der Waals surface area contributed by atoms with Crippen molar-refractivity contribution >= 4 is 22.6 Å². The molecular formula is C18H18N4O4. The van der Waals surface area contributed by atoms with Gasteiger partial charge in [-0.2, -0.15) is 0 Å². The number of nitrogens with one attached hydrogen (secondary N) is 1. The Kier molecular flexibility index (Phi) is 4.68. The second-order valence-electron chi connectivity index (χ2n) is 5.96. The maximum absolute atomic E-state index is 11.9. The first-order valence-corrected chi connectivity index (χ1v) is 8.13. The third-order valence-corrected chi connectivity index (χ3v) is 4.40. The molecule has 2 aromatic heterocycles. The van der Waals surface area contributed by atoms with Gasteiger partial charge in [0.05, 0.1) is 21.4 Å². The van der Waals surface area contributed by atoms with Crippen LogP contribution < -0.4 is 5.73 Å². The van der Waals surface area contributed by atoms with E-state index in [4.69, 9.17) is 10.8 Å². The molecule has 0 saturated heterocycles. The first-order chi connectivity index (χ1) is 12.4. The number of aromatic amines is 1. The Morgan fingerprint density at radius 1 is 1.35 bits per heavy atom. The highest BCUT2D eigenvalue weighted by molar-refractivity contribution is 6.00. The van der Waals surface area contributed by atoms with Crippen molar-refractivity contribution in [2.75, 3.05) is 0 Å². The molecule has 3 rings (SSSR count). The van der Waals surface area contributed by atoms with Gasteiger partial charge < -0.3 is 15.8 Å². The molecule has 0 amide bonds. The molecule has 1 aromatic carbocycles. The van der Waals surface area contributed by atoms with Gasteiger partial charge in [-0.15, -0.1) is 0 Å². The molecule has 0 bridgehead atoms. The van der Waals surface area contributed by atoms with E-state index in [9.17, 15) is 14.9 Å². The molecule has 8 heteroatoms. The summed E-state index contributed by atoms with van der Waals surface area (Å²) < 4.78 is 0. The van der Waals surface area contributed by atoms with Gasteiger partial charge in [-0.3, -0.25) is 19.9 Å². The molecule has 8 nitrogen and oxygen atoms in total. The molecule has 0 fully saturated rings. The normalized spacial score (nSPS) is 12.2. The lowest BCUT2D eigenvalue weighted by atomic mass is 9.96. The van der Waals surface area contributed by atoms with Crippen molar-refractivity contribution < 1.29 is 14.8 Å². The number of aliphatic carboxylic acids is 1. The van der Waals surface area contributed by atoms with E-state index in [2.05, 4.69) is 9.97 Å². The highest BCUT2D eigenvalue weighted by Gasteiger charge is 2.27. The molecule has 0 aliphatic carbocycles. The topological polar surface area (TPSA) is 135 Å². The lowest BCUT2D eigenvalue weighted by Gasteiger charge is -2.09. The summed E-state index contributed by atoms with van der Waals surface area (Å²) in [4.78, 5) is 29.8. The molecule has 0 saturated carbocycles. The van der Waals surface area contributed by atoms with Crippen LogP contribution in [-0.4, -0.2) is 32.0 Å². The summed E-state index contributed by atoms with van der Waals surface area (Å²) in [5, 5.41) is 21.5. The number of carboxylic acids is 1. The van der Waals surface area contributed by atoms with E-state index in [-0.39, 0.29) is 12.1 Å². The van der Waals surface area contributed by atoms with E-state index < -0.39 is 16.9 Å². The van der Waals surface area contributed by atoms with E-state index in [0.29, 0.717) is 34.0 Å². The van der Waals surface area contributed by atoms with Crippen LogP contribution in [0.15, 0.2) is 36.7 Å². The molecule has 0 aliphatic rings. The summed E-state index contributed by atoms with van der Waals surface area (Å²) in [6, 6.07) is 5.72. The largest absolute Gasteiger partial charge is 0.480 e. The lowest BCUT2D eigenvalue weighted by molar-refractivity contribution is -0.382. The fraction of sp³-hybridized carbons (Fsp3) is 0.222. The van der Waals surface area contributed by atoms with Gasteiger partial charge in [-0.1, -0.05) is 6.92 Å². The number of nitro groups is 1. The predicted octanol–water partition coefficient (Wildman–Crippen LogP) is 2.65. The molecule has 0 radical (unpaired) electrons. The van der Waals surface area contributed by atoms with Gasteiger partial charge in [0.25, 0.3) is 5.69 Å². The number of H-pyrrole nitrogens is 1. The van der Waals surface area contributed by atoms with Crippen molar-refractivity contribution in [1.29, 1.82) is 0 Å². The van der Waals surface area contributed by atoms with E-state index in [1.54, 1.807) is 36.7 Å². The van der Waals surface area contributed by atoms with Gasteiger partial charge in [0.15, 0.2) is 0 Å². The summed E-state index contributed by atoms with van der Waals surface area (Å²) in [5.74, 6) is -1.14. The monoisotopic (exact) mass is 354 g/mol. The Bertz CT molecular complexity index is 982. The zero-order valence-electron chi connectivity index (χ0n) is 14.1. The van der Waals surface area contributed by atoms with Crippen molar-refractivity contribution in [2.24, 2.45) is 5.73 Å². The molecule has 0 aliphatic heterocycles. The predicted molar refractivity (Wildman–Crippen MR) is 96.9 cm³/mol. The molecule has 1 unspecified atom stereocenters. The van der Waals surface area contributed by atoms with Gasteiger partial charge in [0.1, 0.15) is 6.04 Å². The van der Waals surface area contributed by atoms with Crippen LogP contribution in [0.5, 0.6) is 0 Å². The van der Waals surface area contributed by atoms with Gasteiger partial charge in [-0.05, 0) is 41.8 Å². The zero-order valence-corrected chi connectivity index (χ0v) is 14.1. The van der Waals surface area contributed by atoms with Gasteiger partial charge in [-0.25, -0.2) is 0 Å². The van der Waals surface area contributed by atoms with Crippen LogP contribution >= 0.6 is 0 Å². The first kappa shape index (κ1) is 17.6. The number of hydrogen-bond donors (Lipinski definition) is 3. The van der Waals surface area contributed by atoms with Crippen molar-refractivity contribution in [2.45, 2.75) is 25.8 Å². The Balaban J connectivity index is 2.32. The molecule has 26 heavy (non-hydrogen) atoms. The van der Waals surface area contributed by atoms with E-state index in [0.717, 1.165) is 5.69 Å². The Hall–Kier alpha value is -3.26. The van der Waals surface area contributed by atoms with Crippen molar-refractivity contribution in [3.05, 3.63) is 58.0 Å². The molecule has 4 N–H and O–H groups in total. The fourth-order valence-electron chi connectivity index (χ4n) is 3.18. The summed E-state index contributed by atoms with van der Waals surface area (Å²) in [6.07, 6.45) is 3.73. The average Bonchev–Trinajstić information content (AvgIpc) is 2.99. The lowest BCUT2D eigenvalue weighted by Crippen LogP contribution is -2.32. The van der Waals surface area contributed by atoms with Crippen LogP contribution in [0.4, 0.5) is 5.69 Å². The first-order valence-electron chi connectivity index (χ1n) is 8.13. The van der Waals surface area contributed by atoms with E-state index in [1.165, 1.54) is 0 Å². The van der Waals surface area contributed by atoms with Crippen molar-refractivity contribution in [3.63, 3.8) is 0 Å². The van der Waals surface area contributed by atoms with Crippen LogP contribution in [0.3, 0.4) is 0 Å². The molecular weight excluding hydrogens is 336 g/mol. The third-order valence-electron chi connectivity index (χ3n) is 4.40.